The maximum atomic E-state index is 11.0. The van der Waals surface area contributed by atoms with Crippen molar-refractivity contribution >= 4 is 5.69 Å². The summed E-state index contributed by atoms with van der Waals surface area (Å²) in [7, 11) is 0. The average Bonchev–Trinajstić information content (AvgIpc) is 3.11. The van der Waals surface area contributed by atoms with Crippen LogP contribution in [0.1, 0.15) is 26.2 Å². The van der Waals surface area contributed by atoms with Crippen LogP contribution < -0.4 is 10.5 Å². The number of nitro benzene ring substituents is 1. The van der Waals surface area contributed by atoms with Crippen LogP contribution >= 0.6 is 0 Å². The van der Waals surface area contributed by atoms with Gasteiger partial charge in [0.05, 0.1) is 30.8 Å². The van der Waals surface area contributed by atoms with E-state index in [1.165, 1.54) is 31.2 Å². The normalized spacial score (nSPS) is 32.6. The number of aliphatic hydroxyl groups excluding tert-OH is 9. The lowest BCUT2D eigenvalue weighted by Gasteiger charge is -2.46. The molecule has 1 aromatic carbocycles. The SMILES string of the molecule is C[C@H](O[C@@H]1OC(CO)[C@H](O[C@H]2OC(CO)[C@H](O)[C@H](O)C2O)C(O)[C@@H]1O)C(COc1ccc([N+](=O)[O-])cc1)O[C@@H](OCCCCCN)[C@@H](O)CO. The number of rotatable bonds is 21. The Balaban J connectivity index is 1.75. The Morgan fingerprint density at radius 1 is 0.880 bits per heavy atom. The highest BCUT2D eigenvalue weighted by atomic mass is 16.8. The van der Waals surface area contributed by atoms with E-state index in [1.807, 2.05) is 0 Å². The number of nitrogens with two attached hydrogens (primary N) is 1. The second-order valence-electron chi connectivity index (χ2n) is 11.9. The minimum Gasteiger partial charge on any atom is -0.491 e. The molecule has 14 atom stereocenters. The van der Waals surface area contributed by atoms with Gasteiger partial charge in [-0.25, -0.2) is 0 Å². The first-order valence-electron chi connectivity index (χ1n) is 16.2. The number of hydrogen-bond acceptors (Lipinski definition) is 19. The Hall–Kier alpha value is -2.22. The van der Waals surface area contributed by atoms with Crippen LogP contribution in [0.4, 0.5) is 5.69 Å². The van der Waals surface area contributed by atoms with Gasteiger partial charge in [-0.05, 0) is 44.9 Å². The lowest BCUT2D eigenvalue weighted by atomic mass is 9.97. The Bertz CT molecular complexity index is 1120. The highest BCUT2D eigenvalue weighted by Crippen LogP contribution is 2.31. The minimum atomic E-state index is -1.86. The summed E-state index contributed by atoms with van der Waals surface area (Å²) in [6, 6.07) is 5.14. The van der Waals surface area contributed by atoms with Crippen LogP contribution in [-0.4, -0.2) is 176 Å². The van der Waals surface area contributed by atoms with Crippen LogP contribution in [-0.2, 0) is 28.4 Å². The van der Waals surface area contributed by atoms with Crippen molar-refractivity contribution in [2.45, 2.75) is 112 Å². The molecule has 1 aromatic rings. The standard InChI is InChI=1S/C30H50N2O18/c1-15(46-29-26(41)24(39)27(20(13-35)48-29)50-30-25(40)23(38)22(37)19(12-34)47-30)21(14-45-17-7-5-16(6-8-17)32(42)43)49-28(18(36)11-33)44-10-4-2-3-9-31/h5-8,15,18-30,33-41H,2-4,9-14,31H2,1H3/t15-,18-,19?,20?,21?,22-,23-,24?,25?,26-,27-,28+,29+,30+/m0/s1. The summed E-state index contributed by atoms with van der Waals surface area (Å²) in [6.07, 6.45) is -19.8. The molecule has 2 heterocycles. The fourth-order valence-corrected chi connectivity index (χ4v) is 5.22. The Morgan fingerprint density at radius 2 is 1.52 bits per heavy atom. The molecule has 0 spiro atoms. The number of hydrogen-bond donors (Lipinski definition) is 10. The summed E-state index contributed by atoms with van der Waals surface area (Å²) in [4.78, 5) is 10.5. The predicted molar refractivity (Wildman–Crippen MR) is 166 cm³/mol. The maximum absolute atomic E-state index is 11.0. The lowest BCUT2D eigenvalue weighted by molar-refractivity contribution is -0.384. The molecule has 2 saturated heterocycles. The molecule has 50 heavy (non-hydrogen) atoms. The molecule has 3 rings (SSSR count). The number of ether oxygens (including phenoxy) is 7. The highest BCUT2D eigenvalue weighted by molar-refractivity contribution is 5.36. The zero-order valence-corrected chi connectivity index (χ0v) is 27.5. The third-order valence-electron chi connectivity index (χ3n) is 8.24. The minimum absolute atomic E-state index is 0.136. The van der Waals surface area contributed by atoms with Gasteiger partial charge in [0.15, 0.2) is 18.9 Å². The first-order chi connectivity index (χ1) is 23.9. The summed E-state index contributed by atoms with van der Waals surface area (Å²) in [6.45, 7) is -0.506. The predicted octanol–water partition coefficient (Wildman–Crippen LogP) is -3.79. The van der Waals surface area contributed by atoms with Crippen LogP contribution in [0.2, 0.25) is 0 Å². The summed E-state index contributed by atoms with van der Waals surface area (Å²) < 4.78 is 40.0. The van der Waals surface area contributed by atoms with Crippen LogP contribution in [0, 0.1) is 10.1 Å². The molecule has 20 heteroatoms. The zero-order chi connectivity index (χ0) is 37.0. The van der Waals surface area contributed by atoms with Crippen molar-refractivity contribution in [2.75, 3.05) is 39.6 Å². The fourth-order valence-electron chi connectivity index (χ4n) is 5.22. The molecular weight excluding hydrogens is 676 g/mol. The third kappa shape index (κ3) is 11.4. The molecule has 0 aliphatic carbocycles. The van der Waals surface area contributed by atoms with Crippen LogP contribution in [0.25, 0.3) is 0 Å². The van der Waals surface area contributed by atoms with Crippen molar-refractivity contribution in [1.29, 1.82) is 0 Å². The summed E-state index contributed by atoms with van der Waals surface area (Å²) in [5, 5.41) is 103. The van der Waals surface area contributed by atoms with Crippen molar-refractivity contribution in [2.24, 2.45) is 5.73 Å². The van der Waals surface area contributed by atoms with E-state index < -0.39 is 111 Å². The molecule has 2 fully saturated rings. The maximum Gasteiger partial charge on any atom is 0.269 e. The van der Waals surface area contributed by atoms with E-state index in [-0.39, 0.29) is 24.7 Å². The van der Waals surface area contributed by atoms with Gasteiger partial charge in [-0.3, -0.25) is 10.1 Å². The third-order valence-corrected chi connectivity index (χ3v) is 8.24. The van der Waals surface area contributed by atoms with E-state index in [0.29, 0.717) is 13.0 Å². The molecule has 5 unspecified atom stereocenters. The Kier molecular flexibility index (Phi) is 17.5. The van der Waals surface area contributed by atoms with Gasteiger partial charge in [0.1, 0.15) is 73.4 Å². The van der Waals surface area contributed by atoms with Gasteiger partial charge >= 0.3 is 0 Å². The van der Waals surface area contributed by atoms with Gasteiger partial charge in [-0.15, -0.1) is 0 Å². The van der Waals surface area contributed by atoms with E-state index in [9.17, 15) is 56.1 Å². The largest absolute Gasteiger partial charge is 0.491 e. The van der Waals surface area contributed by atoms with E-state index in [0.717, 1.165) is 12.8 Å². The van der Waals surface area contributed by atoms with E-state index in [1.54, 1.807) is 0 Å². The first kappa shape index (κ1) is 42.2. The summed E-state index contributed by atoms with van der Waals surface area (Å²) in [5.41, 5.74) is 5.35. The molecule has 0 amide bonds. The second-order valence-corrected chi connectivity index (χ2v) is 11.9. The number of unbranched alkanes of at least 4 members (excludes halogenated alkanes) is 2. The molecule has 0 aromatic heterocycles. The quantitative estimate of drug-likeness (QED) is 0.0251. The molecule has 2 aliphatic heterocycles. The molecule has 0 saturated carbocycles. The lowest BCUT2D eigenvalue weighted by Crippen LogP contribution is -2.65. The molecule has 20 nitrogen and oxygen atoms in total. The highest BCUT2D eigenvalue weighted by Gasteiger charge is 2.51. The van der Waals surface area contributed by atoms with Gasteiger partial charge in [0, 0.05) is 18.7 Å². The van der Waals surface area contributed by atoms with E-state index in [4.69, 9.17) is 38.9 Å². The number of nitrogens with zero attached hydrogens (tertiary/aromatic N) is 1. The second kappa shape index (κ2) is 20.7. The van der Waals surface area contributed by atoms with Crippen molar-refractivity contribution in [1.82, 2.24) is 0 Å². The van der Waals surface area contributed by atoms with Crippen LogP contribution in [0.5, 0.6) is 5.75 Å². The van der Waals surface area contributed by atoms with E-state index >= 15 is 0 Å². The molecule has 11 N–H and O–H groups in total. The monoisotopic (exact) mass is 726 g/mol. The molecule has 288 valence electrons. The topological polar surface area (TPSA) is 316 Å². The first-order valence-corrected chi connectivity index (χ1v) is 16.2. The van der Waals surface area contributed by atoms with Crippen LogP contribution in [0.15, 0.2) is 24.3 Å². The smallest absolute Gasteiger partial charge is 0.269 e. The summed E-state index contributed by atoms with van der Waals surface area (Å²) in [5.74, 6) is 0.205. The molecular formula is C30H50N2O18. The van der Waals surface area contributed by atoms with Crippen molar-refractivity contribution in [3.05, 3.63) is 34.4 Å². The molecule has 0 bridgehead atoms. The number of benzene rings is 1. The fraction of sp³-hybridized carbons (Fsp3) is 0.800. The van der Waals surface area contributed by atoms with Crippen molar-refractivity contribution in [3.63, 3.8) is 0 Å². The van der Waals surface area contributed by atoms with Gasteiger partial charge in [-0.2, -0.15) is 0 Å². The van der Waals surface area contributed by atoms with Gasteiger partial charge in [0.25, 0.3) is 5.69 Å². The number of non-ortho nitro benzene ring substituents is 1. The van der Waals surface area contributed by atoms with Crippen molar-refractivity contribution < 1.29 is 84.0 Å². The molecule has 0 radical (unpaired) electrons. The average molecular weight is 727 g/mol. The van der Waals surface area contributed by atoms with Crippen molar-refractivity contribution in [3.8, 4) is 5.75 Å². The van der Waals surface area contributed by atoms with Crippen LogP contribution in [0.3, 0.4) is 0 Å². The Morgan fingerprint density at radius 3 is 2.12 bits per heavy atom. The van der Waals surface area contributed by atoms with E-state index in [2.05, 4.69) is 0 Å². The number of nitro groups is 1. The van der Waals surface area contributed by atoms with Gasteiger partial charge in [0.2, 0.25) is 0 Å². The molecule has 2 aliphatic rings. The zero-order valence-electron chi connectivity index (χ0n) is 27.5. The number of aliphatic hydroxyl groups is 9. The Labute approximate surface area is 287 Å². The van der Waals surface area contributed by atoms with Gasteiger partial charge in [-0.1, -0.05) is 0 Å². The summed E-state index contributed by atoms with van der Waals surface area (Å²) >= 11 is 0. The van der Waals surface area contributed by atoms with Gasteiger partial charge < -0.3 is 84.9 Å².